The number of aliphatic carboxylic acids is 1. The van der Waals surface area contributed by atoms with Crippen LogP contribution in [0.15, 0.2) is 18.2 Å². The summed E-state index contributed by atoms with van der Waals surface area (Å²) in [5, 5.41) is 11.5. The number of aryl methyl sites for hydroxylation is 1. The number of amides is 1. The molecule has 2 heterocycles. The smallest absolute Gasteiger partial charge is 0.317 e. The zero-order chi connectivity index (χ0) is 15.2. The minimum atomic E-state index is -0.859. The van der Waals surface area contributed by atoms with Crippen molar-refractivity contribution in [3.8, 4) is 0 Å². The fourth-order valence-corrected chi connectivity index (χ4v) is 2.62. The SMILES string of the molecule is Cc1cccc(C(=O)N2CCCC(CNCC(=O)O)C2)n1. The van der Waals surface area contributed by atoms with E-state index in [1.165, 1.54) is 0 Å². The number of likely N-dealkylation sites (tertiary alicyclic amines) is 1. The molecule has 1 aliphatic rings. The number of piperidine rings is 1. The van der Waals surface area contributed by atoms with Gasteiger partial charge in [-0.25, -0.2) is 4.98 Å². The van der Waals surface area contributed by atoms with Crippen molar-refractivity contribution in [3.63, 3.8) is 0 Å². The molecule has 21 heavy (non-hydrogen) atoms. The minimum absolute atomic E-state index is 0.0378. The maximum atomic E-state index is 12.4. The van der Waals surface area contributed by atoms with E-state index in [9.17, 15) is 9.59 Å². The Morgan fingerprint density at radius 3 is 3.00 bits per heavy atom. The van der Waals surface area contributed by atoms with Crippen molar-refractivity contribution < 1.29 is 14.7 Å². The molecule has 2 rings (SSSR count). The molecule has 1 aromatic rings. The van der Waals surface area contributed by atoms with Gasteiger partial charge in [0.25, 0.3) is 5.91 Å². The van der Waals surface area contributed by atoms with Gasteiger partial charge in [0, 0.05) is 25.3 Å². The number of carboxylic acid groups (broad SMARTS) is 1. The van der Waals surface area contributed by atoms with E-state index in [1.54, 1.807) is 6.07 Å². The Morgan fingerprint density at radius 2 is 2.29 bits per heavy atom. The first-order chi connectivity index (χ1) is 10.1. The molecule has 1 aromatic heterocycles. The molecule has 6 heteroatoms. The molecular weight excluding hydrogens is 270 g/mol. The molecule has 1 aliphatic heterocycles. The van der Waals surface area contributed by atoms with Gasteiger partial charge >= 0.3 is 5.97 Å². The van der Waals surface area contributed by atoms with E-state index < -0.39 is 5.97 Å². The highest BCUT2D eigenvalue weighted by atomic mass is 16.4. The average molecular weight is 291 g/mol. The van der Waals surface area contributed by atoms with Crippen molar-refractivity contribution in [2.45, 2.75) is 19.8 Å². The summed E-state index contributed by atoms with van der Waals surface area (Å²) < 4.78 is 0. The van der Waals surface area contributed by atoms with Crippen LogP contribution in [0, 0.1) is 12.8 Å². The molecule has 1 atom stereocenters. The van der Waals surface area contributed by atoms with Crippen molar-refractivity contribution in [3.05, 3.63) is 29.6 Å². The fourth-order valence-electron chi connectivity index (χ4n) is 2.62. The highest BCUT2D eigenvalue weighted by Gasteiger charge is 2.25. The molecule has 1 amide bonds. The van der Waals surface area contributed by atoms with Gasteiger partial charge in [0.05, 0.1) is 6.54 Å². The van der Waals surface area contributed by atoms with Crippen molar-refractivity contribution >= 4 is 11.9 Å². The molecule has 0 aliphatic carbocycles. The molecule has 0 radical (unpaired) electrons. The van der Waals surface area contributed by atoms with Gasteiger partial charge in [-0.1, -0.05) is 6.07 Å². The highest BCUT2D eigenvalue weighted by Crippen LogP contribution is 2.17. The maximum absolute atomic E-state index is 12.4. The van der Waals surface area contributed by atoms with E-state index in [-0.39, 0.29) is 12.5 Å². The van der Waals surface area contributed by atoms with Crippen molar-refractivity contribution in [2.24, 2.45) is 5.92 Å². The first-order valence-corrected chi connectivity index (χ1v) is 7.21. The zero-order valence-corrected chi connectivity index (χ0v) is 12.2. The Kier molecular flexibility index (Phi) is 5.27. The molecule has 114 valence electrons. The lowest BCUT2D eigenvalue weighted by atomic mass is 9.97. The van der Waals surface area contributed by atoms with Crippen LogP contribution < -0.4 is 5.32 Å². The topological polar surface area (TPSA) is 82.5 Å². The number of hydrogen-bond donors (Lipinski definition) is 2. The number of carbonyl (C=O) groups is 2. The molecule has 0 bridgehead atoms. The molecular formula is C15H21N3O3. The Balaban J connectivity index is 1.91. The normalized spacial score (nSPS) is 18.5. The van der Waals surface area contributed by atoms with E-state index in [1.807, 2.05) is 24.0 Å². The predicted molar refractivity (Wildman–Crippen MR) is 78.1 cm³/mol. The average Bonchev–Trinajstić information content (AvgIpc) is 2.46. The lowest BCUT2D eigenvalue weighted by molar-refractivity contribution is -0.136. The van der Waals surface area contributed by atoms with Crippen LogP contribution in [-0.4, -0.2) is 53.0 Å². The van der Waals surface area contributed by atoms with Gasteiger partial charge in [-0.05, 0) is 37.8 Å². The molecule has 0 spiro atoms. The third-order valence-corrected chi connectivity index (χ3v) is 3.62. The van der Waals surface area contributed by atoms with Crippen LogP contribution in [0.25, 0.3) is 0 Å². The third-order valence-electron chi connectivity index (χ3n) is 3.62. The van der Waals surface area contributed by atoms with Gasteiger partial charge in [-0.15, -0.1) is 0 Å². The third kappa shape index (κ3) is 4.53. The predicted octanol–water partition coefficient (Wildman–Crippen LogP) is 0.916. The minimum Gasteiger partial charge on any atom is -0.480 e. The monoisotopic (exact) mass is 291 g/mol. The number of hydrogen-bond acceptors (Lipinski definition) is 4. The number of rotatable bonds is 5. The van der Waals surface area contributed by atoms with E-state index >= 15 is 0 Å². The number of carboxylic acids is 1. The van der Waals surface area contributed by atoms with Gasteiger partial charge in [0.1, 0.15) is 5.69 Å². The standard InChI is InChI=1S/C15H21N3O3/c1-11-4-2-6-13(17-11)15(21)18-7-3-5-12(10-18)8-16-9-14(19)20/h2,4,6,12,16H,3,5,7-10H2,1H3,(H,19,20). The number of nitrogens with zero attached hydrogens (tertiary/aromatic N) is 2. The Hall–Kier alpha value is -1.95. The van der Waals surface area contributed by atoms with Crippen LogP contribution >= 0.6 is 0 Å². The Labute approximate surface area is 124 Å². The molecule has 6 nitrogen and oxygen atoms in total. The van der Waals surface area contributed by atoms with Crippen LogP contribution in [0.2, 0.25) is 0 Å². The summed E-state index contributed by atoms with van der Waals surface area (Å²) in [6.45, 7) is 3.85. The lowest BCUT2D eigenvalue weighted by Gasteiger charge is -2.32. The largest absolute Gasteiger partial charge is 0.480 e. The second-order valence-corrected chi connectivity index (χ2v) is 5.45. The van der Waals surface area contributed by atoms with Crippen LogP contribution in [0.4, 0.5) is 0 Å². The number of aromatic nitrogens is 1. The van der Waals surface area contributed by atoms with Crippen LogP contribution in [0.5, 0.6) is 0 Å². The highest BCUT2D eigenvalue weighted by molar-refractivity contribution is 5.92. The second-order valence-electron chi connectivity index (χ2n) is 5.45. The number of nitrogens with one attached hydrogen (secondary N) is 1. The summed E-state index contributed by atoms with van der Waals surface area (Å²) >= 11 is 0. The molecule has 1 saturated heterocycles. The summed E-state index contributed by atoms with van der Waals surface area (Å²) in [6.07, 6.45) is 1.95. The number of pyridine rings is 1. The zero-order valence-electron chi connectivity index (χ0n) is 12.2. The van der Waals surface area contributed by atoms with Crippen molar-refractivity contribution in [2.75, 3.05) is 26.2 Å². The summed E-state index contributed by atoms with van der Waals surface area (Å²) in [7, 11) is 0. The number of carbonyl (C=O) groups excluding carboxylic acids is 1. The van der Waals surface area contributed by atoms with Gasteiger partial charge < -0.3 is 15.3 Å². The van der Waals surface area contributed by atoms with E-state index in [0.29, 0.717) is 24.7 Å². The Morgan fingerprint density at radius 1 is 1.48 bits per heavy atom. The molecule has 0 aromatic carbocycles. The van der Waals surface area contributed by atoms with E-state index in [0.717, 1.165) is 25.1 Å². The van der Waals surface area contributed by atoms with Gasteiger partial charge in [-0.2, -0.15) is 0 Å². The van der Waals surface area contributed by atoms with E-state index in [4.69, 9.17) is 5.11 Å². The summed E-state index contributed by atoms with van der Waals surface area (Å²) in [6, 6.07) is 5.44. The maximum Gasteiger partial charge on any atom is 0.317 e. The first kappa shape index (κ1) is 15.4. The van der Waals surface area contributed by atoms with Crippen LogP contribution in [0.1, 0.15) is 29.0 Å². The molecule has 1 fully saturated rings. The summed E-state index contributed by atoms with van der Waals surface area (Å²) in [4.78, 5) is 29.0. The quantitative estimate of drug-likeness (QED) is 0.843. The van der Waals surface area contributed by atoms with Gasteiger partial charge in [-0.3, -0.25) is 9.59 Å². The first-order valence-electron chi connectivity index (χ1n) is 7.21. The second kappa shape index (κ2) is 7.17. The van der Waals surface area contributed by atoms with Crippen molar-refractivity contribution in [1.29, 1.82) is 0 Å². The van der Waals surface area contributed by atoms with Crippen LogP contribution in [-0.2, 0) is 4.79 Å². The summed E-state index contributed by atoms with van der Waals surface area (Å²) in [5.41, 5.74) is 1.31. The lowest BCUT2D eigenvalue weighted by Crippen LogP contribution is -2.43. The molecule has 0 saturated carbocycles. The molecule has 2 N–H and O–H groups in total. The van der Waals surface area contributed by atoms with Gasteiger partial charge in [0.2, 0.25) is 0 Å². The van der Waals surface area contributed by atoms with Crippen molar-refractivity contribution in [1.82, 2.24) is 15.2 Å². The molecule has 1 unspecified atom stereocenters. The summed E-state index contributed by atoms with van der Waals surface area (Å²) in [5.74, 6) is -0.601. The Bertz CT molecular complexity index is 519. The fraction of sp³-hybridized carbons (Fsp3) is 0.533. The van der Waals surface area contributed by atoms with Gasteiger partial charge in [0.15, 0.2) is 0 Å². The van der Waals surface area contributed by atoms with Crippen LogP contribution in [0.3, 0.4) is 0 Å². The van der Waals surface area contributed by atoms with E-state index in [2.05, 4.69) is 10.3 Å².